The molecule has 0 unspecified atom stereocenters. The summed E-state index contributed by atoms with van der Waals surface area (Å²) in [6, 6.07) is 15.4. The van der Waals surface area contributed by atoms with Gasteiger partial charge in [-0.15, -0.1) is 0 Å². The van der Waals surface area contributed by atoms with Gasteiger partial charge in [-0.25, -0.2) is 0 Å². The van der Waals surface area contributed by atoms with Crippen molar-refractivity contribution >= 4 is 28.3 Å². The Labute approximate surface area is 140 Å². The molecule has 0 saturated carbocycles. The average Bonchev–Trinajstić information content (AvgIpc) is 2.99. The first-order valence-electron chi connectivity index (χ1n) is 7.61. The molecule has 3 rings (SSSR count). The molecule has 0 bridgehead atoms. The lowest BCUT2D eigenvalue weighted by atomic mass is 10.0. The SMILES string of the molecule is C[C@@H](C(=O)c1c[nH]c2ccccc12)N(C)Cc1ccc(Cl)cc1. The smallest absolute Gasteiger partial charge is 0.181 e. The number of ketones is 1. The second kappa shape index (κ2) is 6.57. The van der Waals surface area contributed by atoms with Gasteiger partial charge in [-0.2, -0.15) is 0 Å². The highest BCUT2D eigenvalue weighted by Crippen LogP contribution is 2.21. The Bertz CT molecular complexity index is 823. The molecule has 1 atom stereocenters. The highest BCUT2D eigenvalue weighted by atomic mass is 35.5. The fourth-order valence-corrected chi connectivity index (χ4v) is 2.84. The van der Waals surface area contributed by atoms with E-state index in [1.54, 1.807) is 6.20 Å². The minimum absolute atomic E-state index is 0.124. The zero-order valence-electron chi connectivity index (χ0n) is 13.2. The van der Waals surface area contributed by atoms with Crippen molar-refractivity contribution in [3.63, 3.8) is 0 Å². The van der Waals surface area contributed by atoms with Crippen LogP contribution in [0.4, 0.5) is 0 Å². The standard InChI is InChI=1S/C19H19ClN2O/c1-13(22(2)12-14-7-9-15(20)10-8-14)19(23)17-11-21-18-6-4-3-5-16(17)18/h3-11,13,21H,12H2,1-2H3/t13-/m0/s1. The number of para-hydroxylation sites is 1. The van der Waals surface area contributed by atoms with E-state index in [0.29, 0.717) is 6.54 Å². The first-order chi connectivity index (χ1) is 11.1. The summed E-state index contributed by atoms with van der Waals surface area (Å²) in [5.41, 5.74) is 2.87. The highest BCUT2D eigenvalue weighted by molar-refractivity contribution is 6.30. The van der Waals surface area contributed by atoms with E-state index >= 15 is 0 Å². The molecule has 0 saturated heterocycles. The molecule has 1 N–H and O–H groups in total. The second-order valence-corrected chi connectivity index (χ2v) is 6.27. The molecule has 0 amide bonds. The van der Waals surface area contributed by atoms with Crippen LogP contribution in [0.5, 0.6) is 0 Å². The summed E-state index contributed by atoms with van der Waals surface area (Å²) in [7, 11) is 1.96. The van der Waals surface area contributed by atoms with E-state index < -0.39 is 0 Å². The quantitative estimate of drug-likeness (QED) is 0.699. The van der Waals surface area contributed by atoms with Crippen molar-refractivity contribution in [2.75, 3.05) is 7.05 Å². The van der Waals surface area contributed by atoms with Gasteiger partial charge in [0.2, 0.25) is 0 Å². The number of rotatable bonds is 5. The molecule has 118 valence electrons. The number of fused-ring (bicyclic) bond motifs is 1. The van der Waals surface area contributed by atoms with E-state index in [2.05, 4.69) is 4.98 Å². The molecule has 0 radical (unpaired) electrons. The van der Waals surface area contributed by atoms with Crippen molar-refractivity contribution in [1.29, 1.82) is 0 Å². The third-order valence-corrected chi connectivity index (χ3v) is 4.49. The summed E-state index contributed by atoms with van der Waals surface area (Å²) in [6.45, 7) is 2.65. The van der Waals surface area contributed by atoms with Crippen molar-refractivity contribution < 1.29 is 4.79 Å². The first-order valence-corrected chi connectivity index (χ1v) is 7.99. The van der Waals surface area contributed by atoms with E-state index in [4.69, 9.17) is 11.6 Å². The predicted molar refractivity (Wildman–Crippen MR) is 95.0 cm³/mol. The maximum atomic E-state index is 12.8. The molecule has 0 fully saturated rings. The van der Waals surface area contributed by atoms with E-state index in [9.17, 15) is 4.79 Å². The van der Waals surface area contributed by atoms with Gasteiger partial charge in [0.15, 0.2) is 5.78 Å². The number of Topliss-reactive ketones (excluding diaryl/α,β-unsaturated/α-hetero) is 1. The molecule has 0 aliphatic rings. The molecule has 23 heavy (non-hydrogen) atoms. The van der Waals surface area contributed by atoms with Crippen molar-refractivity contribution in [2.45, 2.75) is 19.5 Å². The molecule has 0 spiro atoms. The van der Waals surface area contributed by atoms with Crippen LogP contribution in [0, 0.1) is 0 Å². The summed E-state index contributed by atoms with van der Waals surface area (Å²) in [5.74, 6) is 0.124. The molecule has 3 nitrogen and oxygen atoms in total. The van der Waals surface area contributed by atoms with Crippen LogP contribution in [0.1, 0.15) is 22.8 Å². The second-order valence-electron chi connectivity index (χ2n) is 5.83. The molecule has 2 aromatic carbocycles. The summed E-state index contributed by atoms with van der Waals surface area (Å²) in [4.78, 5) is 18.0. The number of carbonyl (C=O) groups excluding carboxylic acids is 1. The van der Waals surface area contributed by atoms with Gasteiger partial charge in [0.05, 0.1) is 6.04 Å². The molecule has 1 heterocycles. The third-order valence-electron chi connectivity index (χ3n) is 4.24. The van der Waals surface area contributed by atoms with Gasteiger partial charge in [0.25, 0.3) is 0 Å². The number of aromatic amines is 1. The van der Waals surface area contributed by atoms with Crippen LogP contribution in [0.15, 0.2) is 54.7 Å². The Morgan fingerprint density at radius 3 is 2.61 bits per heavy atom. The minimum Gasteiger partial charge on any atom is -0.360 e. The topological polar surface area (TPSA) is 36.1 Å². The predicted octanol–water partition coefficient (Wildman–Crippen LogP) is 4.52. The summed E-state index contributed by atoms with van der Waals surface area (Å²) in [5, 5.41) is 1.70. The van der Waals surface area contributed by atoms with Gasteiger partial charge in [-0.05, 0) is 37.7 Å². The maximum absolute atomic E-state index is 12.8. The van der Waals surface area contributed by atoms with Gasteiger partial charge in [0.1, 0.15) is 0 Å². The Hall–Kier alpha value is -2.10. The fraction of sp³-hybridized carbons (Fsp3) is 0.211. The molecule has 0 aliphatic carbocycles. The van der Waals surface area contributed by atoms with Gasteiger partial charge in [-0.3, -0.25) is 9.69 Å². The minimum atomic E-state index is -0.204. The normalized spacial score (nSPS) is 12.7. The molecular formula is C19H19ClN2O. The fourth-order valence-electron chi connectivity index (χ4n) is 2.72. The highest BCUT2D eigenvalue weighted by Gasteiger charge is 2.22. The Morgan fingerprint density at radius 2 is 1.87 bits per heavy atom. The van der Waals surface area contributed by atoms with Crippen LogP contribution < -0.4 is 0 Å². The number of nitrogens with one attached hydrogen (secondary N) is 1. The van der Waals surface area contributed by atoms with Crippen LogP contribution in [0.2, 0.25) is 5.02 Å². The lowest BCUT2D eigenvalue weighted by Gasteiger charge is -2.23. The monoisotopic (exact) mass is 326 g/mol. The number of likely N-dealkylation sites (N-methyl/N-ethyl adjacent to an activating group) is 1. The van der Waals surface area contributed by atoms with E-state index in [0.717, 1.165) is 27.1 Å². The number of nitrogens with zero attached hydrogens (tertiary/aromatic N) is 1. The molecule has 4 heteroatoms. The van der Waals surface area contributed by atoms with Crippen molar-refractivity contribution in [2.24, 2.45) is 0 Å². The van der Waals surface area contributed by atoms with Crippen LogP contribution in [-0.4, -0.2) is 28.8 Å². The Morgan fingerprint density at radius 1 is 1.17 bits per heavy atom. The third kappa shape index (κ3) is 3.31. The number of aromatic nitrogens is 1. The van der Waals surface area contributed by atoms with Crippen molar-refractivity contribution in [3.05, 3.63) is 70.9 Å². The Kier molecular flexibility index (Phi) is 4.51. The number of H-pyrrole nitrogens is 1. The van der Waals surface area contributed by atoms with Gasteiger partial charge in [-0.1, -0.05) is 41.9 Å². The van der Waals surface area contributed by atoms with Gasteiger partial charge in [0, 0.05) is 34.2 Å². The summed E-state index contributed by atoms with van der Waals surface area (Å²) < 4.78 is 0. The van der Waals surface area contributed by atoms with Gasteiger partial charge < -0.3 is 4.98 Å². The molecular weight excluding hydrogens is 308 g/mol. The van der Waals surface area contributed by atoms with Crippen LogP contribution in [0.3, 0.4) is 0 Å². The number of carbonyl (C=O) groups is 1. The lowest BCUT2D eigenvalue weighted by Crippen LogP contribution is -2.35. The molecule has 3 aromatic rings. The van der Waals surface area contributed by atoms with Crippen molar-refractivity contribution in [1.82, 2.24) is 9.88 Å². The number of hydrogen-bond acceptors (Lipinski definition) is 2. The zero-order chi connectivity index (χ0) is 16.4. The van der Waals surface area contributed by atoms with E-state index in [1.165, 1.54) is 0 Å². The molecule has 0 aliphatic heterocycles. The van der Waals surface area contributed by atoms with Gasteiger partial charge >= 0.3 is 0 Å². The van der Waals surface area contributed by atoms with Crippen LogP contribution in [0.25, 0.3) is 10.9 Å². The van der Waals surface area contributed by atoms with Crippen LogP contribution in [-0.2, 0) is 6.54 Å². The van der Waals surface area contributed by atoms with Crippen molar-refractivity contribution in [3.8, 4) is 0 Å². The lowest BCUT2D eigenvalue weighted by molar-refractivity contribution is 0.0864. The summed E-state index contributed by atoms with van der Waals surface area (Å²) >= 11 is 5.91. The number of benzene rings is 2. The first kappa shape index (κ1) is 15.8. The van der Waals surface area contributed by atoms with Crippen LogP contribution >= 0.6 is 11.6 Å². The zero-order valence-corrected chi connectivity index (χ0v) is 14.0. The van der Waals surface area contributed by atoms with E-state index in [1.807, 2.05) is 67.4 Å². The van der Waals surface area contributed by atoms with E-state index in [-0.39, 0.29) is 11.8 Å². The largest absolute Gasteiger partial charge is 0.360 e. The number of hydrogen-bond donors (Lipinski definition) is 1. The summed E-state index contributed by atoms with van der Waals surface area (Å²) in [6.07, 6.45) is 1.81. The average molecular weight is 327 g/mol. The maximum Gasteiger partial charge on any atom is 0.181 e. The Balaban J connectivity index is 1.77. The number of halogens is 1. The molecule has 1 aromatic heterocycles.